The van der Waals surface area contributed by atoms with E-state index in [0.717, 1.165) is 55.9 Å². The van der Waals surface area contributed by atoms with E-state index in [2.05, 4.69) is 20.3 Å². The van der Waals surface area contributed by atoms with Crippen LogP contribution in [0.2, 0.25) is 0 Å². The number of hydrogen-bond donors (Lipinski definition) is 0. The molecule has 0 radical (unpaired) electrons. The summed E-state index contributed by atoms with van der Waals surface area (Å²) >= 11 is 0. The number of aromatic nitrogens is 3. The number of hydrogen-bond acceptors (Lipinski definition) is 7. The Morgan fingerprint density at radius 2 is 1.85 bits per heavy atom. The van der Waals surface area contributed by atoms with Gasteiger partial charge in [-0.25, -0.2) is 0 Å². The van der Waals surface area contributed by atoms with Crippen LogP contribution in [0.4, 0.5) is 0 Å². The lowest BCUT2D eigenvalue weighted by atomic mass is 9.77. The van der Waals surface area contributed by atoms with Gasteiger partial charge in [0.25, 0.3) is 0 Å². The summed E-state index contributed by atoms with van der Waals surface area (Å²) in [4.78, 5) is 17.0. The molecular formula is C19H27N5O3. The van der Waals surface area contributed by atoms with E-state index in [1.807, 2.05) is 25.7 Å². The molecule has 0 bridgehead atoms. The van der Waals surface area contributed by atoms with Gasteiger partial charge in [0.2, 0.25) is 17.7 Å². The molecule has 2 fully saturated rings. The van der Waals surface area contributed by atoms with Crippen molar-refractivity contribution in [1.82, 2.24) is 25.2 Å². The van der Waals surface area contributed by atoms with E-state index in [9.17, 15) is 4.79 Å². The van der Waals surface area contributed by atoms with E-state index in [1.54, 1.807) is 0 Å². The molecule has 2 aliphatic heterocycles. The molecule has 2 aromatic heterocycles. The minimum atomic E-state index is 0.0932. The lowest BCUT2D eigenvalue weighted by Crippen LogP contribution is -2.41. The molecule has 0 N–H and O–H groups in total. The van der Waals surface area contributed by atoms with Crippen molar-refractivity contribution in [3.63, 3.8) is 0 Å². The number of piperidine rings is 1. The summed E-state index contributed by atoms with van der Waals surface area (Å²) < 4.78 is 10.9. The van der Waals surface area contributed by atoms with Gasteiger partial charge in [-0.1, -0.05) is 12.1 Å². The summed E-state index contributed by atoms with van der Waals surface area (Å²) in [5.74, 6) is 2.43. The van der Waals surface area contributed by atoms with Gasteiger partial charge in [0.15, 0.2) is 0 Å². The summed E-state index contributed by atoms with van der Waals surface area (Å²) in [5.41, 5.74) is 2.01. The van der Waals surface area contributed by atoms with Crippen LogP contribution in [0.1, 0.15) is 55.0 Å². The molecule has 0 saturated carbocycles. The number of carbonyl (C=O) groups is 1. The Morgan fingerprint density at radius 1 is 1.11 bits per heavy atom. The Bertz CT molecular complexity index is 800. The first-order valence-corrected chi connectivity index (χ1v) is 9.71. The molecule has 146 valence electrons. The first-order valence-electron chi connectivity index (χ1n) is 9.71. The van der Waals surface area contributed by atoms with Crippen molar-refractivity contribution < 1.29 is 13.7 Å². The molecule has 1 spiro atoms. The fourth-order valence-corrected chi connectivity index (χ4v) is 4.25. The minimum absolute atomic E-state index is 0.0932. The zero-order valence-electron chi connectivity index (χ0n) is 16.3. The molecule has 2 saturated heterocycles. The van der Waals surface area contributed by atoms with Crippen LogP contribution in [0, 0.1) is 19.3 Å². The van der Waals surface area contributed by atoms with Crippen LogP contribution in [0.5, 0.6) is 0 Å². The van der Waals surface area contributed by atoms with Crippen LogP contribution in [0.3, 0.4) is 0 Å². The van der Waals surface area contributed by atoms with Crippen LogP contribution >= 0.6 is 0 Å². The fraction of sp³-hybridized carbons (Fsp3) is 0.684. The zero-order valence-corrected chi connectivity index (χ0v) is 16.3. The molecule has 0 aromatic carbocycles. The Hall–Kier alpha value is -2.22. The third-order valence-electron chi connectivity index (χ3n) is 6.02. The van der Waals surface area contributed by atoms with Gasteiger partial charge in [0.1, 0.15) is 5.76 Å². The predicted molar refractivity (Wildman–Crippen MR) is 96.6 cm³/mol. The average molecular weight is 373 g/mol. The van der Waals surface area contributed by atoms with E-state index < -0.39 is 0 Å². The van der Waals surface area contributed by atoms with Gasteiger partial charge >= 0.3 is 0 Å². The van der Waals surface area contributed by atoms with Crippen LogP contribution in [-0.2, 0) is 24.3 Å². The maximum atomic E-state index is 12.6. The van der Waals surface area contributed by atoms with Crippen LogP contribution in [-0.4, -0.2) is 50.7 Å². The summed E-state index contributed by atoms with van der Waals surface area (Å²) in [6.45, 7) is 9.88. The van der Waals surface area contributed by atoms with E-state index in [1.165, 1.54) is 0 Å². The van der Waals surface area contributed by atoms with Crippen LogP contribution in [0.25, 0.3) is 0 Å². The SMILES string of the molecule is CCc1nnc(CN2CCC3(CC2)CC(=O)N(Cc2c(C)noc2C)C3)o1. The number of nitrogens with zero attached hydrogens (tertiary/aromatic N) is 5. The highest BCUT2D eigenvalue weighted by molar-refractivity contribution is 5.79. The van der Waals surface area contributed by atoms with Crippen molar-refractivity contribution in [2.45, 2.75) is 59.5 Å². The van der Waals surface area contributed by atoms with Crippen molar-refractivity contribution in [3.05, 3.63) is 28.8 Å². The van der Waals surface area contributed by atoms with Crippen molar-refractivity contribution in [3.8, 4) is 0 Å². The highest BCUT2D eigenvalue weighted by Crippen LogP contribution is 2.42. The third kappa shape index (κ3) is 3.63. The molecule has 1 amide bonds. The first-order chi connectivity index (χ1) is 13.0. The monoisotopic (exact) mass is 373 g/mol. The molecule has 8 heteroatoms. The Morgan fingerprint density at radius 3 is 2.48 bits per heavy atom. The van der Waals surface area contributed by atoms with E-state index in [-0.39, 0.29) is 11.3 Å². The van der Waals surface area contributed by atoms with Crippen LogP contribution < -0.4 is 0 Å². The molecule has 0 unspecified atom stereocenters. The molecule has 2 aromatic rings. The lowest BCUT2D eigenvalue weighted by Gasteiger charge is -2.38. The Balaban J connectivity index is 1.35. The normalized spacial score (nSPS) is 20.1. The maximum Gasteiger partial charge on any atom is 0.230 e. The summed E-state index contributed by atoms with van der Waals surface area (Å²) in [6, 6.07) is 0. The second-order valence-corrected chi connectivity index (χ2v) is 7.95. The number of aryl methyl sites for hydroxylation is 3. The van der Waals surface area contributed by atoms with Gasteiger partial charge in [-0.15, -0.1) is 10.2 Å². The van der Waals surface area contributed by atoms with E-state index in [0.29, 0.717) is 31.3 Å². The van der Waals surface area contributed by atoms with Gasteiger partial charge in [-0.05, 0) is 45.2 Å². The summed E-state index contributed by atoms with van der Waals surface area (Å²) in [5, 5.41) is 12.2. The first kappa shape index (κ1) is 18.2. The van der Waals surface area contributed by atoms with Gasteiger partial charge < -0.3 is 13.8 Å². The molecule has 2 aliphatic rings. The highest BCUT2D eigenvalue weighted by atomic mass is 16.5. The second-order valence-electron chi connectivity index (χ2n) is 7.95. The third-order valence-corrected chi connectivity index (χ3v) is 6.02. The molecule has 8 nitrogen and oxygen atoms in total. The Labute approximate surface area is 158 Å². The lowest BCUT2D eigenvalue weighted by molar-refractivity contribution is -0.128. The molecule has 0 aliphatic carbocycles. The number of carbonyl (C=O) groups excluding carboxylic acids is 1. The molecule has 27 heavy (non-hydrogen) atoms. The molecule has 0 atom stereocenters. The second kappa shape index (κ2) is 7.07. The van der Waals surface area contributed by atoms with Crippen molar-refractivity contribution >= 4 is 5.91 Å². The highest BCUT2D eigenvalue weighted by Gasteiger charge is 2.45. The smallest absolute Gasteiger partial charge is 0.230 e. The summed E-state index contributed by atoms with van der Waals surface area (Å²) in [6.07, 6.45) is 3.45. The molecule has 4 rings (SSSR count). The van der Waals surface area contributed by atoms with Crippen molar-refractivity contribution in [2.75, 3.05) is 19.6 Å². The van der Waals surface area contributed by atoms with Gasteiger partial charge in [-0.2, -0.15) is 0 Å². The molecular weight excluding hydrogens is 346 g/mol. The van der Waals surface area contributed by atoms with E-state index >= 15 is 0 Å². The van der Waals surface area contributed by atoms with Gasteiger partial charge in [0.05, 0.1) is 18.8 Å². The predicted octanol–water partition coefficient (Wildman–Crippen LogP) is 2.25. The minimum Gasteiger partial charge on any atom is -0.424 e. The Kier molecular flexibility index (Phi) is 4.75. The standard InChI is InChI=1S/C19H27N5O3/c1-4-16-20-21-17(26-16)11-23-7-5-19(6-8-23)9-18(25)24(12-19)10-15-13(2)22-27-14(15)3/h4-12H2,1-3H3. The molecule has 4 heterocycles. The summed E-state index contributed by atoms with van der Waals surface area (Å²) in [7, 11) is 0. The average Bonchev–Trinajstić information content (AvgIpc) is 3.32. The quantitative estimate of drug-likeness (QED) is 0.794. The number of rotatable bonds is 5. The number of likely N-dealkylation sites (tertiary alicyclic amines) is 2. The number of amides is 1. The van der Waals surface area contributed by atoms with Crippen molar-refractivity contribution in [1.29, 1.82) is 0 Å². The zero-order chi connectivity index (χ0) is 19.0. The maximum absolute atomic E-state index is 12.6. The van der Waals surface area contributed by atoms with E-state index in [4.69, 9.17) is 8.94 Å². The topological polar surface area (TPSA) is 88.5 Å². The fourth-order valence-electron chi connectivity index (χ4n) is 4.25. The largest absolute Gasteiger partial charge is 0.424 e. The van der Waals surface area contributed by atoms with Crippen molar-refractivity contribution in [2.24, 2.45) is 5.41 Å². The van der Waals surface area contributed by atoms with Crippen LogP contribution in [0.15, 0.2) is 8.94 Å². The van der Waals surface area contributed by atoms with Gasteiger partial charge in [0, 0.05) is 24.9 Å². The van der Waals surface area contributed by atoms with Gasteiger partial charge in [-0.3, -0.25) is 9.69 Å².